The van der Waals surface area contributed by atoms with Crippen molar-refractivity contribution in [1.82, 2.24) is 0 Å². The van der Waals surface area contributed by atoms with Gasteiger partial charge in [-0.1, -0.05) is 12.6 Å². The summed E-state index contributed by atoms with van der Waals surface area (Å²) in [6.07, 6.45) is 0. The SMILES string of the molecule is C=C(C)COc1ccc(C(=O)Nc2cc(C)cc(C)c2)cc1. The second-order valence-electron chi connectivity index (χ2n) is 5.60. The van der Waals surface area contributed by atoms with Gasteiger partial charge in [-0.2, -0.15) is 0 Å². The summed E-state index contributed by atoms with van der Waals surface area (Å²) < 4.78 is 5.52. The van der Waals surface area contributed by atoms with Gasteiger partial charge in [-0.15, -0.1) is 0 Å². The topological polar surface area (TPSA) is 38.3 Å². The van der Waals surface area contributed by atoms with E-state index in [1.807, 2.05) is 32.9 Å². The van der Waals surface area contributed by atoms with Gasteiger partial charge in [-0.25, -0.2) is 0 Å². The molecule has 1 N–H and O–H groups in total. The Bertz CT molecular complexity index is 667. The minimum atomic E-state index is -0.128. The monoisotopic (exact) mass is 295 g/mol. The van der Waals surface area contributed by atoms with E-state index < -0.39 is 0 Å². The maximum atomic E-state index is 12.2. The summed E-state index contributed by atoms with van der Waals surface area (Å²) in [5, 5.41) is 2.92. The van der Waals surface area contributed by atoms with Gasteiger partial charge in [0.05, 0.1) is 0 Å². The molecule has 0 fully saturated rings. The van der Waals surface area contributed by atoms with Crippen molar-refractivity contribution < 1.29 is 9.53 Å². The molecule has 0 heterocycles. The van der Waals surface area contributed by atoms with Crippen molar-refractivity contribution in [2.24, 2.45) is 0 Å². The first-order valence-corrected chi connectivity index (χ1v) is 7.21. The Labute approximate surface area is 131 Å². The zero-order valence-corrected chi connectivity index (χ0v) is 13.3. The average Bonchev–Trinajstić information content (AvgIpc) is 2.44. The Morgan fingerprint density at radius 3 is 2.23 bits per heavy atom. The van der Waals surface area contributed by atoms with Gasteiger partial charge in [0.2, 0.25) is 0 Å². The van der Waals surface area contributed by atoms with Crippen LogP contribution in [0.1, 0.15) is 28.4 Å². The highest BCUT2D eigenvalue weighted by atomic mass is 16.5. The summed E-state index contributed by atoms with van der Waals surface area (Å²) in [7, 11) is 0. The highest BCUT2D eigenvalue weighted by molar-refractivity contribution is 6.04. The molecule has 0 atom stereocenters. The van der Waals surface area contributed by atoms with Crippen LogP contribution in [0.3, 0.4) is 0 Å². The number of carbonyl (C=O) groups excluding carboxylic acids is 1. The van der Waals surface area contributed by atoms with Crippen LogP contribution in [0.15, 0.2) is 54.6 Å². The van der Waals surface area contributed by atoms with E-state index in [1.54, 1.807) is 24.3 Å². The molecule has 3 nitrogen and oxygen atoms in total. The number of ether oxygens (including phenoxy) is 1. The Kier molecular flexibility index (Phi) is 4.99. The molecule has 2 rings (SSSR count). The lowest BCUT2D eigenvalue weighted by Gasteiger charge is -2.09. The third kappa shape index (κ3) is 4.48. The molecule has 0 aliphatic rings. The standard InChI is InChI=1S/C19H21NO2/c1-13(2)12-22-18-7-5-16(6-8-18)19(21)20-17-10-14(3)9-15(4)11-17/h5-11H,1,12H2,2-4H3,(H,20,21). The van der Waals surface area contributed by atoms with Gasteiger partial charge < -0.3 is 10.1 Å². The lowest BCUT2D eigenvalue weighted by molar-refractivity contribution is 0.102. The second kappa shape index (κ2) is 6.94. The van der Waals surface area contributed by atoms with Crippen molar-refractivity contribution in [1.29, 1.82) is 0 Å². The van der Waals surface area contributed by atoms with Gasteiger partial charge in [0, 0.05) is 11.3 Å². The van der Waals surface area contributed by atoms with Crippen LogP contribution < -0.4 is 10.1 Å². The minimum absolute atomic E-state index is 0.128. The number of hydrogen-bond donors (Lipinski definition) is 1. The van der Waals surface area contributed by atoms with Crippen LogP contribution in [0.25, 0.3) is 0 Å². The largest absolute Gasteiger partial charge is 0.489 e. The van der Waals surface area contributed by atoms with Crippen molar-refractivity contribution in [2.75, 3.05) is 11.9 Å². The summed E-state index contributed by atoms with van der Waals surface area (Å²) in [4.78, 5) is 12.2. The summed E-state index contributed by atoms with van der Waals surface area (Å²) in [5.41, 5.74) is 4.61. The highest BCUT2D eigenvalue weighted by Gasteiger charge is 2.07. The summed E-state index contributed by atoms with van der Waals surface area (Å²) in [6.45, 7) is 10.2. The molecule has 0 bridgehead atoms. The van der Waals surface area contributed by atoms with Crippen molar-refractivity contribution in [3.63, 3.8) is 0 Å². The molecular formula is C19H21NO2. The minimum Gasteiger partial charge on any atom is -0.489 e. The summed E-state index contributed by atoms with van der Waals surface area (Å²) >= 11 is 0. The van der Waals surface area contributed by atoms with Crippen LogP contribution in [0.5, 0.6) is 5.75 Å². The zero-order chi connectivity index (χ0) is 16.1. The van der Waals surface area contributed by atoms with Crippen LogP contribution >= 0.6 is 0 Å². The molecule has 0 aromatic heterocycles. The first-order chi connectivity index (χ1) is 10.4. The van der Waals surface area contributed by atoms with Crippen LogP contribution in [0, 0.1) is 13.8 Å². The van der Waals surface area contributed by atoms with E-state index in [0.717, 1.165) is 28.1 Å². The molecule has 0 saturated heterocycles. The Hall–Kier alpha value is -2.55. The number of benzene rings is 2. The van der Waals surface area contributed by atoms with E-state index in [2.05, 4.69) is 18.0 Å². The molecule has 22 heavy (non-hydrogen) atoms. The molecule has 0 radical (unpaired) electrons. The van der Waals surface area contributed by atoms with E-state index in [1.165, 1.54) is 0 Å². The summed E-state index contributed by atoms with van der Waals surface area (Å²) in [6, 6.07) is 13.1. The zero-order valence-electron chi connectivity index (χ0n) is 13.3. The molecule has 0 unspecified atom stereocenters. The molecule has 3 heteroatoms. The van der Waals surface area contributed by atoms with Gasteiger partial charge >= 0.3 is 0 Å². The fraction of sp³-hybridized carbons (Fsp3) is 0.211. The van der Waals surface area contributed by atoms with Gasteiger partial charge in [-0.05, 0) is 73.9 Å². The quantitative estimate of drug-likeness (QED) is 0.824. The first kappa shape index (κ1) is 15.8. The lowest BCUT2D eigenvalue weighted by atomic mass is 10.1. The molecule has 1 amide bonds. The van der Waals surface area contributed by atoms with Crippen molar-refractivity contribution in [3.05, 3.63) is 71.3 Å². The normalized spacial score (nSPS) is 10.1. The number of aryl methyl sites for hydroxylation is 2. The molecular weight excluding hydrogens is 274 g/mol. The first-order valence-electron chi connectivity index (χ1n) is 7.21. The van der Waals surface area contributed by atoms with Gasteiger partial charge in [-0.3, -0.25) is 4.79 Å². The van der Waals surface area contributed by atoms with Gasteiger partial charge in [0.25, 0.3) is 5.91 Å². The number of anilines is 1. The van der Waals surface area contributed by atoms with Crippen LogP contribution in [-0.2, 0) is 0 Å². The van der Waals surface area contributed by atoms with Crippen molar-refractivity contribution >= 4 is 11.6 Å². The Balaban J connectivity index is 2.04. The Morgan fingerprint density at radius 2 is 1.68 bits per heavy atom. The number of rotatable bonds is 5. The maximum Gasteiger partial charge on any atom is 0.255 e. The number of amides is 1. The fourth-order valence-corrected chi connectivity index (χ4v) is 2.16. The third-order valence-electron chi connectivity index (χ3n) is 3.08. The fourth-order valence-electron chi connectivity index (χ4n) is 2.16. The second-order valence-corrected chi connectivity index (χ2v) is 5.60. The lowest BCUT2D eigenvalue weighted by Crippen LogP contribution is -2.12. The predicted octanol–water partition coefficient (Wildman–Crippen LogP) is 4.51. The van der Waals surface area contributed by atoms with Crippen LogP contribution in [0.4, 0.5) is 5.69 Å². The number of hydrogen-bond acceptors (Lipinski definition) is 2. The van der Waals surface area contributed by atoms with Crippen LogP contribution in [0.2, 0.25) is 0 Å². The molecule has 0 aliphatic carbocycles. The average molecular weight is 295 g/mol. The number of nitrogens with one attached hydrogen (secondary N) is 1. The van der Waals surface area contributed by atoms with E-state index in [9.17, 15) is 4.79 Å². The van der Waals surface area contributed by atoms with Crippen molar-refractivity contribution in [2.45, 2.75) is 20.8 Å². The molecule has 0 spiro atoms. The van der Waals surface area contributed by atoms with Gasteiger partial charge in [0.15, 0.2) is 0 Å². The third-order valence-corrected chi connectivity index (χ3v) is 3.08. The molecule has 0 aliphatic heterocycles. The molecule has 114 valence electrons. The number of carbonyl (C=O) groups is 1. The van der Waals surface area contributed by atoms with E-state index in [0.29, 0.717) is 12.2 Å². The van der Waals surface area contributed by atoms with E-state index >= 15 is 0 Å². The Morgan fingerprint density at radius 1 is 1.09 bits per heavy atom. The van der Waals surface area contributed by atoms with E-state index in [4.69, 9.17) is 4.74 Å². The highest BCUT2D eigenvalue weighted by Crippen LogP contribution is 2.17. The molecule has 2 aromatic rings. The van der Waals surface area contributed by atoms with E-state index in [-0.39, 0.29) is 5.91 Å². The summed E-state index contributed by atoms with van der Waals surface area (Å²) in [5.74, 6) is 0.599. The molecule has 0 saturated carbocycles. The predicted molar refractivity (Wildman–Crippen MR) is 90.6 cm³/mol. The smallest absolute Gasteiger partial charge is 0.255 e. The van der Waals surface area contributed by atoms with Crippen LogP contribution in [-0.4, -0.2) is 12.5 Å². The van der Waals surface area contributed by atoms with Gasteiger partial charge in [0.1, 0.15) is 12.4 Å². The maximum absolute atomic E-state index is 12.2. The molecule has 2 aromatic carbocycles. The van der Waals surface area contributed by atoms with Crippen molar-refractivity contribution in [3.8, 4) is 5.75 Å².